The van der Waals surface area contributed by atoms with Crippen molar-refractivity contribution in [2.45, 2.75) is 32.2 Å². The van der Waals surface area contributed by atoms with Crippen LogP contribution in [0.15, 0.2) is 42.7 Å². The molecule has 1 saturated heterocycles. The molecule has 1 unspecified atom stereocenters. The first-order chi connectivity index (χ1) is 13.5. The third kappa shape index (κ3) is 3.23. The van der Waals surface area contributed by atoms with Gasteiger partial charge in [-0.1, -0.05) is 6.07 Å². The number of hydrogen-bond acceptors (Lipinski definition) is 4. The fourth-order valence-corrected chi connectivity index (χ4v) is 4.05. The quantitative estimate of drug-likeness (QED) is 0.696. The van der Waals surface area contributed by atoms with Gasteiger partial charge in [-0.25, -0.2) is 4.98 Å². The molecule has 3 aromatic rings. The van der Waals surface area contributed by atoms with E-state index in [4.69, 9.17) is 4.98 Å². The molecule has 3 heterocycles. The normalized spacial score (nSPS) is 16.9. The summed E-state index contributed by atoms with van der Waals surface area (Å²) in [6, 6.07) is 10.1. The molecule has 1 amide bonds. The van der Waals surface area contributed by atoms with Crippen molar-refractivity contribution in [2.24, 2.45) is 0 Å². The van der Waals surface area contributed by atoms with Gasteiger partial charge in [0, 0.05) is 56.6 Å². The molecule has 0 radical (unpaired) electrons. The van der Waals surface area contributed by atoms with Crippen molar-refractivity contribution in [3.8, 4) is 0 Å². The zero-order valence-electron chi connectivity index (χ0n) is 17.0. The predicted molar refractivity (Wildman–Crippen MR) is 112 cm³/mol. The van der Waals surface area contributed by atoms with E-state index in [1.165, 1.54) is 0 Å². The number of amides is 1. The van der Waals surface area contributed by atoms with Gasteiger partial charge in [0.25, 0.3) is 5.91 Å². The minimum Gasteiger partial charge on any atom is -0.378 e. The van der Waals surface area contributed by atoms with E-state index in [1.807, 2.05) is 60.4 Å². The number of hydrogen-bond donors (Lipinski definition) is 0. The van der Waals surface area contributed by atoms with Crippen molar-refractivity contribution in [1.82, 2.24) is 19.4 Å². The Kier molecular flexibility index (Phi) is 4.79. The van der Waals surface area contributed by atoms with Crippen LogP contribution in [0.1, 0.15) is 48.4 Å². The summed E-state index contributed by atoms with van der Waals surface area (Å²) in [5.41, 5.74) is 3.82. The van der Waals surface area contributed by atoms with Crippen molar-refractivity contribution in [2.75, 3.05) is 32.1 Å². The van der Waals surface area contributed by atoms with E-state index in [1.54, 1.807) is 6.20 Å². The summed E-state index contributed by atoms with van der Waals surface area (Å²) in [7, 11) is 3.97. The minimum atomic E-state index is 0.0973. The van der Waals surface area contributed by atoms with E-state index in [2.05, 4.69) is 23.4 Å². The lowest BCUT2D eigenvalue weighted by Gasteiger charge is -2.20. The van der Waals surface area contributed by atoms with Crippen molar-refractivity contribution in [3.05, 3.63) is 54.1 Å². The molecule has 0 N–H and O–H groups in total. The summed E-state index contributed by atoms with van der Waals surface area (Å²) in [5, 5.41) is 0. The Bertz CT molecular complexity index is 1010. The lowest BCUT2D eigenvalue weighted by atomic mass is 10.1. The number of fused-ring (bicyclic) bond motifs is 1. The number of likely N-dealkylation sites (tertiary alicyclic amines) is 1. The van der Waals surface area contributed by atoms with Crippen LogP contribution in [0.5, 0.6) is 0 Å². The number of benzene rings is 1. The number of pyridine rings is 1. The molecule has 0 bridgehead atoms. The Morgan fingerprint density at radius 1 is 1.25 bits per heavy atom. The summed E-state index contributed by atoms with van der Waals surface area (Å²) in [6.45, 7) is 5.80. The first kappa shape index (κ1) is 18.5. The fourth-order valence-electron chi connectivity index (χ4n) is 4.05. The van der Waals surface area contributed by atoms with Crippen molar-refractivity contribution >= 4 is 22.6 Å². The molecule has 6 heteroatoms. The molecule has 1 atom stereocenters. The second-order valence-electron chi connectivity index (χ2n) is 7.98. The van der Waals surface area contributed by atoms with Crippen LogP contribution in [0.25, 0.3) is 11.0 Å². The van der Waals surface area contributed by atoms with Gasteiger partial charge in [-0.3, -0.25) is 9.78 Å². The molecule has 1 aliphatic rings. The SMILES string of the molecule is CC(C)n1c(C2CCN(C(=O)c3cccc(N(C)C)c3)C2)nc2ccncc21. The van der Waals surface area contributed by atoms with Crippen LogP contribution in [-0.4, -0.2) is 52.5 Å². The van der Waals surface area contributed by atoms with Crippen LogP contribution in [0, 0.1) is 0 Å². The average molecular weight is 377 g/mol. The second kappa shape index (κ2) is 7.26. The smallest absolute Gasteiger partial charge is 0.253 e. The third-order valence-electron chi connectivity index (χ3n) is 5.49. The molecule has 146 valence electrons. The Morgan fingerprint density at radius 2 is 2.07 bits per heavy atom. The number of imidazole rings is 1. The molecular formula is C22H27N5O. The van der Waals surface area contributed by atoms with E-state index >= 15 is 0 Å². The highest BCUT2D eigenvalue weighted by molar-refractivity contribution is 5.95. The van der Waals surface area contributed by atoms with Gasteiger partial charge in [0.15, 0.2) is 0 Å². The van der Waals surface area contributed by atoms with Gasteiger partial charge in [-0.15, -0.1) is 0 Å². The Labute approximate surface area is 165 Å². The number of anilines is 1. The monoisotopic (exact) mass is 377 g/mol. The molecule has 1 aromatic carbocycles. The first-order valence-electron chi connectivity index (χ1n) is 9.84. The van der Waals surface area contributed by atoms with E-state index in [9.17, 15) is 4.79 Å². The lowest BCUT2D eigenvalue weighted by Crippen LogP contribution is -2.29. The molecule has 2 aromatic heterocycles. The van der Waals surface area contributed by atoms with Crippen LogP contribution in [-0.2, 0) is 0 Å². The summed E-state index contributed by atoms with van der Waals surface area (Å²) in [5.74, 6) is 1.41. The summed E-state index contributed by atoms with van der Waals surface area (Å²) < 4.78 is 2.27. The number of carbonyl (C=O) groups is 1. The molecule has 0 saturated carbocycles. The highest BCUT2D eigenvalue weighted by atomic mass is 16.2. The van der Waals surface area contributed by atoms with Crippen molar-refractivity contribution < 1.29 is 4.79 Å². The summed E-state index contributed by atoms with van der Waals surface area (Å²) in [6.07, 6.45) is 4.60. The van der Waals surface area contributed by atoms with E-state index in [-0.39, 0.29) is 11.8 Å². The molecule has 28 heavy (non-hydrogen) atoms. The van der Waals surface area contributed by atoms with Gasteiger partial charge >= 0.3 is 0 Å². The van der Waals surface area contributed by atoms with E-state index in [0.29, 0.717) is 12.6 Å². The summed E-state index contributed by atoms with van der Waals surface area (Å²) >= 11 is 0. The van der Waals surface area contributed by atoms with Gasteiger partial charge in [0.05, 0.1) is 17.2 Å². The van der Waals surface area contributed by atoms with Crippen molar-refractivity contribution in [1.29, 1.82) is 0 Å². The highest BCUT2D eigenvalue weighted by Gasteiger charge is 2.32. The average Bonchev–Trinajstić information content (AvgIpc) is 3.32. The summed E-state index contributed by atoms with van der Waals surface area (Å²) in [4.78, 5) is 26.2. The molecular weight excluding hydrogens is 350 g/mol. The molecule has 6 nitrogen and oxygen atoms in total. The largest absolute Gasteiger partial charge is 0.378 e. The van der Waals surface area contributed by atoms with E-state index < -0.39 is 0 Å². The van der Waals surface area contributed by atoms with Gasteiger partial charge in [0.2, 0.25) is 0 Å². The van der Waals surface area contributed by atoms with Crippen LogP contribution < -0.4 is 4.90 Å². The van der Waals surface area contributed by atoms with Gasteiger partial charge in [-0.05, 0) is 44.5 Å². The highest BCUT2D eigenvalue weighted by Crippen LogP contribution is 2.32. The molecule has 0 spiro atoms. The number of rotatable bonds is 4. The Hall–Kier alpha value is -2.89. The second-order valence-corrected chi connectivity index (χ2v) is 7.98. The zero-order chi connectivity index (χ0) is 19.8. The number of nitrogens with zero attached hydrogens (tertiary/aromatic N) is 5. The topological polar surface area (TPSA) is 54.3 Å². The maximum absolute atomic E-state index is 13.1. The van der Waals surface area contributed by atoms with Crippen molar-refractivity contribution in [3.63, 3.8) is 0 Å². The van der Waals surface area contributed by atoms with Crippen LogP contribution in [0.2, 0.25) is 0 Å². The first-order valence-corrected chi connectivity index (χ1v) is 9.84. The Morgan fingerprint density at radius 3 is 2.82 bits per heavy atom. The predicted octanol–water partition coefficient (Wildman–Crippen LogP) is 3.71. The Balaban J connectivity index is 1.59. The maximum Gasteiger partial charge on any atom is 0.253 e. The fraction of sp³-hybridized carbons (Fsp3) is 0.409. The molecule has 1 aliphatic heterocycles. The van der Waals surface area contributed by atoms with Gasteiger partial charge < -0.3 is 14.4 Å². The van der Waals surface area contributed by atoms with Gasteiger partial charge in [0.1, 0.15) is 5.82 Å². The van der Waals surface area contributed by atoms with Gasteiger partial charge in [-0.2, -0.15) is 0 Å². The zero-order valence-corrected chi connectivity index (χ0v) is 17.0. The van der Waals surface area contributed by atoms with Crippen LogP contribution >= 0.6 is 0 Å². The van der Waals surface area contributed by atoms with Crippen LogP contribution in [0.3, 0.4) is 0 Å². The standard InChI is InChI=1S/C22H27N5O/c1-15(2)27-20-13-23-10-8-19(20)24-21(27)17-9-11-26(14-17)22(28)16-6-5-7-18(12-16)25(3)4/h5-8,10,12-13,15,17H,9,11,14H2,1-4H3. The van der Waals surface area contributed by atoms with E-state index in [0.717, 1.165) is 41.1 Å². The molecule has 1 fully saturated rings. The molecule has 4 rings (SSSR count). The minimum absolute atomic E-state index is 0.0973. The van der Waals surface area contributed by atoms with Crippen LogP contribution in [0.4, 0.5) is 5.69 Å². The maximum atomic E-state index is 13.1. The lowest BCUT2D eigenvalue weighted by molar-refractivity contribution is 0.0790. The number of aromatic nitrogens is 3. The third-order valence-corrected chi connectivity index (χ3v) is 5.49. The molecule has 0 aliphatic carbocycles. The number of carbonyl (C=O) groups excluding carboxylic acids is 1.